The van der Waals surface area contributed by atoms with Crippen molar-refractivity contribution in [1.29, 1.82) is 5.41 Å². The molecule has 0 aliphatic carbocycles. The van der Waals surface area contributed by atoms with Gasteiger partial charge in [0, 0.05) is 25.0 Å². The highest BCUT2D eigenvalue weighted by Crippen LogP contribution is 2.29. The monoisotopic (exact) mass is 268 g/mol. The average molecular weight is 268 g/mol. The molecule has 0 unspecified atom stereocenters. The van der Waals surface area contributed by atoms with Crippen LogP contribution in [0.3, 0.4) is 0 Å². The quantitative estimate of drug-likeness (QED) is 0.329. The standard InChI is InChI=1S/C13H20N2O2S/c1-3-18-11-7-4-6-10(12(11)13(14)15)17-9-5-8-16-2/h4,6-7H,3,5,8-9H2,1-2H3,(H3,14,15). The van der Waals surface area contributed by atoms with Gasteiger partial charge in [0.2, 0.25) is 0 Å². The van der Waals surface area contributed by atoms with Crippen molar-refractivity contribution in [3.63, 3.8) is 0 Å². The molecule has 0 bridgehead atoms. The number of hydrogen-bond acceptors (Lipinski definition) is 4. The molecule has 3 N–H and O–H groups in total. The maximum Gasteiger partial charge on any atom is 0.131 e. The Morgan fingerprint density at radius 1 is 1.39 bits per heavy atom. The minimum Gasteiger partial charge on any atom is -0.493 e. The van der Waals surface area contributed by atoms with Crippen molar-refractivity contribution in [3.8, 4) is 5.75 Å². The van der Waals surface area contributed by atoms with Crippen molar-refractivity contribution in [2.75, 3.05) is 26.1 Å². The molecule has 1 rings (SSSR count). The Balaban J connectivity index is 2.82. The molecule has 5 heteroatoms. The van der Waals surface area contributed by atoms with E-state index in [0.717, 1.165) is 17.1 Å². The third kappa shape index (κ3) is 4.23. The fraction of sp³-hybridized carbons (Fsp3) is 0.462. The van der Waals surface area contributed by atoms with Crippen molar-refractivity contribution < 1.29 is 9.47 Å². The predicted molar refractivity (Wildman–Crippen MR) is 75.8 cm³/mol. The molecular weight excluding hydrogens is 248 g/mol. The Labute approximate surface area is 112 Å². The van der Waals surface area contributed by atoms with Crippen LogP contribution in [0.2, 0.25) is 0 Å². The van der Waals surface area contributed by atoms with Gasteiger partial charge in [0.05, 0.1) is 12.2 Å². The topological polar surface area (TPSA) is 68.3 Å². The molecule has 0 aromatic heterocycles. The van der Waals surface area contributed by atoms with Crippen molar-refractivity contribution in [2.24, 2.45) is 5.73 Å². The molecule has 0 aliphatic rings. The number of ether oxygens (including phenoxy) is 2. The summed E-state index contributed by atoms with van der Waals surface area (Å²) in [6.45, 7) is 3.30. The number of benzene rings is 1. The average Bonchev–Trinajstić information content (AvgIpc) is 2.35. The Morgan fingerprint density at radius 3 is 2.78 bits per heavy atom. The highest BCUT2D eigenvalue weighted by Gasteiger charge is 2.12. The number of methoxy groups -OCH3 is 1. The normalized spacial score (nSPS) is 10.3. The van der Waals surface area contributed by atoms with E-state index in [0.29, 0.717) is 24.5 Å². The van der Waals surface area contributed by atoms with Gasteiger partial charge in [-0.25, -0.2) is 0 Å². The Hall–Kier alpha value is -1.20. The first-order valence-electron chi connectivity index (χ1n) is 5.92. The van der Waals surface area contributed by atoms with E-state index < -0.39 is 0 Å². The molecule has 1 aromatic rings. The number of hydrogen-bond donors (Lipinski definition) is 2. The van der Waals surface area contributed by atoms with E-state index in [1.54, 1.807) is 18.9 Å². The first kappa shape index (κ1) is 14.9. The van der Waals surface area contributed by atoms with E-state index in [9.17, 15) is 0 Å². The highest BCUT2D eigenvalue weighted by atomic mass is 32.2. The Kier molecular flexibility index (Phi) is 6.60. The summed E-state index contributed by atoms with van der Waals surface area (Å²) >= 11 is 1.66. The van der Waals surface area contributed by atoms with Gasteiger partial charge in [-0.15, -0.1) is 11.8 Å². The van der Waals surface area contributed by atoms with Crippen molar-refractivity contribution in [2.45, 2.75) is 18.2 Å². The number of nitrogen functional groups attached to an aromatic ring is 1. The smallest absolute Gasteiger partial charge is 0.131 e. The van der Waals surface area contributed by atoms with Gasteiger partial charge in [-0.2, -0.15) is 0 Å². The summed E-state index contributed by atoms with van der Waals surface area (Å²) in [6, 6.07) is 5.74. The maximum atomic E-state index is 7.67. The Bertz CT molecular complexity index is 397. The molecule has 0 saturated carbocycles. The van der Waals surface area contributed by atoms with Gasteiger partial charge in [-0.1, -0.05) is 13.0 Å². The zero-order chi connectivity index (χ0) is 13.4. The highest BCUT2D eigenvalue weighted by molar-refractivity contribution is 7.99. The van der Waals surface area contributed by atoms with Crippen molar-refractivity contribution >= 4 is 17.6 Å². The van der Waals surface area contributed by atoms with Gasteiger partial charge in [0.25, 0.3) is 0 Å². The fourth-order valence-corrected chi connectivity index (χ4v) is 2.40. The van der Waals surface area contributed by atoms with Gasteiger partial charge in [-0.05, 0) is 17.9 Å². The molecule has 100 valence electrons. The fourth-order valence-electron chi connectivity index (χ4n) is 1.56. The molecule has 0 spiro atoms. The van der Waals surface area contributed by atoms with Crippen LogP contribution in [0, 0.1) is 5.41 Å². The summed E-state index contributed by atoms with van der Waals surface area (Å²) in [7, 11) is 1.67. The maximum absolute atomic E-state index is 7.67. The van der Waals surface area contributed by atoms with Gasteiger partial charge in [-0.3, -0.25) is 5.41 Å². The lowest BCUT2D eigenvalue weighted by Crippen LogP contribution is -2.15. The molecule has 1 aromatic carbocycles. The second kappa shape index (κ2) is 8.00. The predicted octanol–water partition coefficient (Wildman–Crippen LogP) is 2.50. The third-order valence-electron chi connectivity index (χ3n) is 2.31. The van der Waals surface area contributed by atoms with E-state index in [1.165, 1.54) is 0 Å². The van der Waals surface area contributed by atoms with E-state index in [1.807, 2.05) is 18.2 Å². The molecular formula is C13H20N2O2S. The number of amidine groups is 1. The summed E-state index contributed by atoms with van der Waals surface area (Å²) in [5.41, 5.74) is 6.34. The Morgan fingerprint density at radius 2 is 2.17 bits per heavy atom. The van der Waals surface area contributed by atoms with Gasteiger partial charge >= 0.3 is 0 Å². The minimum atomic E-state index is 0.0493. The van der Waals surface area contributed by atoms with E-state index in [4.69, 9.17) is 20.6 Å². The van der Waals surface area contributed by atoms with Crippen LogP contribution >= 0.6 is 11.8 Å². The summed E-state index contributed by atoms with van der Waals surface area (Å²) in [5, 5.41) is 7.67. The molecule has 0 aliphatic heterocycles. The van der Waals surface area contributed by atoms with Crippen LogP contribution < -0.4 is 10.5 Å². The second-order valence-corrected chi connectivity index (χ2v) is 4.98. The van der Waals surface area contributed by atoms with Gasteiger partial charge in [0.1, 0.15) is 11.6 Å². The van der Waals surface area contributed by atoms with Gasteiger partial charge < -0.3 is 15.2 Å². The first-order valence-corrected chi connectivity index (χ1v) is 6.91. The van der Waals surface area contributed by atoms with Crippen molar-refractivity contribution in [1.82, 2.24) is 0 Å². The van der Waals surface area contributed by atoms with Crippen molar-refractivity contribution in [3.05, 3.63) is 23.8 Å². The molecule has 0 fully saturated rings. The van der Waals surface area contributed by atoms with Crippen LogP contribution in [0.25, 0.3) is 0 Å². The zero-order valence-electron chi connectivity index (χ0n) is 10.9. The summed E-state index contributed by atoms with van der Waals surface area (Å²) in [5.74, 6) is 1.67. The molecule has 18 heavy (non-hydrogen) atoms. The van der Waals surface area contributed by atoms with E-state index in [-0.39, 0.29) is 5.84 Å². The zero-order valence-corrected chi connectivity index (χ0v) is 11.7. The number of nitrogens with one attached hydrogen (secondary N) is 1. The van der Waals surface area contributed by atoms with Crippen LogP contribution in [0.4, 0.5) is 0 Å². The van der Waals surface area contributed by atoms with Crippen LogP contribution in [0.5, 0.6) is 5.75 Å². The van der Waals surface area contributed by atoms with Crippen LogP contribution in [-0.2, 0) is 4.74 Å². The number of thioether (sulfide) groups is 1. The SMILES string of the molecule is CCSc1cccc(OCCCOC)c1C(=N)N. The summed E-state index contributed by atoms with van der Waals surface area (Å²) in [4.78, 5) is 0.995. The molecule has 4 nitrogen and oxygen atoms in total. The molecule has 0 heterocycles. The number of rotatable bonds is 8. The third-order valence-corrected chi connectivity index (χ3v) is 3.25. The van der Waals surface area contributed by atoms with Gasteiger partial charge in [0.15, 0.2) is 0 Å². The van der Waals surface area contributed by atoms with Crippen LogP contribution in [-0.4, -0.2) is 31.9 Å². The molecule has 0 atom stereocenters. The molecule has 0 radical (unpaired) electrons. The minimum absolute atomic E-state index is 0.0493. The lowest BCUT2D eigenvalue weighted by molar-refractivity contribution is 0.172. The largest absolute Gasteiger partial charge is 0.493 e. The first-order chi connectivity index (χ1) is 8.70. The van der Waals surface area contributed by atoms with E-state index >= 15 is 0 Å². The molecule has 0 amide bonds. The lowest BCUT2D eigenvalue weighted by Gasteiger charge is -2.13. The van der Waals surface area contributed by atoms with Crippen LogP contribution in [0.1, 0.15) is 18.9 Å². The van der Waals surface area contributed by atoms with E-state index in [2.05, 4.69) is 6.92 Å². The molecule has 0 saturated heterocycles. The summed E-state index contributed by atoms with van der Waals surface area (Å²) in [6.07, 6.45) is 0.818. The number of nitrogens with two attached hydrogens (primary N) is 1. The summed E-state index contributed by atoms with van der Waals surface area (Å²) < 4.78 is 10.6. The second-order valence-electron chi connectivity index (χ2n) is 3.67. The van der Waals surface area contributed by atoms with Crippen LogP contribution in [0.15, 0.2) is 23.1 Å². The lowest BCUT2D eigenvalue weighted by atomic mass is 10.2.